The van der Waals surface area contributed by atoms with Gasteiger partial charge in [-0.15, -0.1) is 0 Å². The van der Waals surface area contributed by atoms with Crippen molar-refractivity contribution < 1.29 is 0 Å². The molecule has 0 aromatic heterocycles. The highest BCUT2D eigenvalue weighted by Crippen LogP contribution is 2.26. The van der Waals surface area contributed by atoms with Gasteiger partial charge in [-0.05, 0) is 43.2 Å². The van der Waals surface area contributed by atoms with Gasteiger partial charge in [0.05, 0.1) is 6.07 Å². The molecule has 0 heterocycles. The van der Waals surface area contributed by atoms with Gasteiger partial charge in [-0.1, -0.05) is 43.6 Å². The van der Waals surface area contributed by atoms with E-state index < -0.39 is 0 Å². The van der Waals surface area contributed by atoms with Crippen LogP contribution in [-0.4, -0.2) is 6.04 Å². The van der Waals surface area contributed by atoms with Crippen LogP contribution in [0.15, 0.2) is 24.3 Å². The minimum absolute atomic E-state index is 0.580. The molecule has 0 radical (unpaired) electrons. The van der Waals surface area contributed by atoms with Crippen molar-refractivity contribution in [3.8, 4) is 6.07 Å². The van der Waals surface area contributed by atoms with Gasteiger partial charge in [-0.2, -0.15) is 5.26 Å². The standard InChI is InChI=1S/C15H19ClN2.C2H6/c16-15-4-2-1-3-13(15)11-18-14-7-5-12(6-8-14)9-10-17;1-2/h1-4,12,14,18H,5-9,11H2;1-2H3. The number of nitrogens with one attached hydrogen (secondary N) is 1. The molecule has 1 aliphatic carbocycles. The summed E-state index contributed by atoms with van der Waals surface area (Å²) in [5.74, 6) is 0.619. The maximum Gasteiger partial charge on any atom is 0.0624 e. The topological polar surface area (TPSA) is 35.8 Å². The summed E-state index contributed by atoms with van der Waals surface area (Å²) in [6.07, 6.45) is 5.42. The molecule has 110 valence electrons. The van der Waals surface area contributed by atoms with Gasteiger partial charge < -0.3 is 5.32 Å². The Morgan fingerprint density at radius 2 is 1.85 bits per heavy atom. The molecule has 1 saturated carbocycles. The lowest BCUT2D eigenvalue weighted by Gasteiger charge is -2.28. The van der Waals surface area contributed by atoms with Crippen LogP contribution >= 0.6 is 11.6 Å². The van der Waals surface area contributed by atoms with E-state index in [9.17, 15) is 0 Å². The minimum Gasteiger partial charge on any atom is -0.310 e. The molecular weight excluding hydrogens is 268 g/mol. The van der Waals surface area contributed by atoms with Crippen molar-refractivity contribution in [3.05, 3.63) is 34.9 Å². The number of nitrogens with zero attached hydrogens (tertiary/aromatic N) is 1. The second kappa shape index (κ2) is 9.80. The average molecular weight is 293 g/mol. The number of hydrogen-bond donors (Lipinski definition) is 1. The zero-order valence-electron chi connectivity index (χ0n) is 12.5. The summed E-state index contributed by atoms with van der Waals surface area (Å²) in [4.78, 5) is 0. The van der Waals surface area contributed by atoms with Gasteiger partial charge in [0, 0.05) is 24.0 Å². The van der Waals surface area contributed by atoms with Crippen molar-refractivity contribution in [3.63, 3.8) is 0 Å². The average Bonchev–Trinajstić information content (AvgIpc) is 2.50. The van der Waals surface area contributed by atoms with E-state index in [0.29, 0.717) is 12.0 Å². The molecule has 0 saturated heterocycles. The van der Waals surface area contributed by atoms with E-state index in [1.165, 1.54) is 31.2 Å². The van der Waals surface area contributed by atoms with Crippen LogP contribution in [0.25, 0.3) is 0 Å². The molecule has 0 aliphatic heterocycles. The van der Waals surface area contributed by atoms with Crippen molar-refractivity contribution in [2.75, 3.05) is 0 Å². The lowest BCUT2D eigenvalue weighted by Crippen LogP contribution is -2.32. The van der Waals surface area contributed by atoms with Crippen LogP contribution in [0.3, 0.4) is 0 Å². The second-order valence-corrected chi connectivity index (χ2v) is 5.46. The lowest BCUT2D eigenvalue weighted by molar-refractivity contribution is 0.294. The van der Waals surface area contributed by atoms with Gasteiger partial charge in [0.15, 0.2) is 0 Å². The quantitative estimate of drug-likeness (QED) is 0.854. The number of rotatable bonds is 4. The predicted molar refractivity (Wildman–Crippen MR) is 85.6 cm³/mol. The van der Waals surface area contributed by atoms with Crippen molar-refractivity contribution >= 4 is 11.6 Å². The Kier molecular flexibility index (Phi) is 8.34. The Hall–Kier alpha value is -1.04. The molecule has 0 spiro atoms. The van der Waals surface area contributed by atoms with Crippen LogP contribution in [0.2, 0.25) is 5.02 Å². The summed E-state index contributed by atoms with van der Waals surface area (Å²) >= 11 is 6.13. The molecular formula is C17H25ClN2. The first-order valence-electron chi connectivity index (χ1n) is 7.63. The summed E-state index contributed by atoms with van der Waals surface area (Å²) in [6.45, 7) is 4.84. The molecule has 1 aromatic rings. The first kappa shape index (κ1) is 17.0. The predicted octanol–water partition coefficient (Wildman–Crippen LogP) is 4.93. The van der Waals surface area contributed by atoms with Crippen LogP contribution in [0, 0.1) is 17.2 Å². The van der Waals surface area contributed by atoms with E-state index in [4.69, 9.17) is 16.9 Å². The van der Waals surface area contributed by atoms with Crippen molar-refractivity contribution in [2.45, 2.75) is 58.5 Å². The third-order valence-corrected chi connectivity index (χ3v) is 4.13. The van der Waals surface area contributed by atoms with Gasteiger partial charge in [-0.25, -0.2) is 0 Å². The molecule has 3 heteroatoms. The Balaban J connectivity index is 0.000000956. The first-order valence-corrected chi connectivity index (χ1v) is 8.01. The van der Waals surface area contributed by atoms with E-state index in [2.05, 4.69) is 17.5 Å². The largest absolute Gasteiger partial charge is 0.310 e. The molecule has 0 amide bonds. The monoisotopic (exact) mass is 292 g/mol. The van der Waals surface area contributed by atoms with Gasteiger partial charge >= 0.3 is 0 Å². The van der Waals surface area contributed by atoms with E-state index in [1.807, 2.05) is 32.0 Å². The smallest absolute Gasteiger partial charge is 0.0624 e. The SMILES string of the molecule is CC.N#CCC1CCC(NCc2ccccc2Cl)CC1. The summed E-state index contributed by atoms with van der Waals surface area (Å²) in [6, 6.07) is 10.8. The minimum atomic E-state index is 0.580. The molecule has 0 bridgehead atoms. The highest BCUT2D eigenvalue weighted by molar-refractivity contribution is 6.31. The molecule has 20 heavy (non-hydrogen) atoms. The molecule has 2 rings (SSSR count). The maximum atomic E-state index is 8.69. The summed E-state index contributed by atoms with van der Waals surface area (Å²) in [5, 5.41) is 13.1. The fraction of sp³-hybridized carbons (Fsp3) is 0.588. The van der Waals surface area contributed by atoms with Crippen LogP contribution in [0.5, 0.6) is 0 Å². The van der Waals surface area contributed by atoms with Crippen LogP contribution in [0.4, 0.5) is 0 Å². The van der Waals surface area contributed by atoms with Crippen molar-refractivity contribution in [2.24, 2.45) is 5.92 Å². The van der Waals surface area contributed by atoms with Crippen molar-refractivity contribution in [1.82, 2.24) is 5.32 Å². The fourth-order valence-electron chi connectivity index (χ4n) is 2.60. The Bertz CT molecular complexity index is 417. The Morgan fingerprint density at radius 1 is 1.20 bits per heavy atom. The lowest BCUT2D eigenvalue weighted by atomic mass is 9.84. The molecule has 2 nitrogen and oxygen atoms in total. The third-order valence-electron chi connectivity index (χ3n) is 3.77. The molecule has 1 aliphatic rings. The molecule has 0 atom stereocenters. The van der Waals surface area contributed by atoms with Crippen LogP contribution in [-0.2, 0) is 6.54 Å². The zero-order valence-corrected chi connectivity index (χ0v) is 13.3. The summed E-state index contributed by atoms with van der Waals surface area (Å²) < 4.78 is 0. The summed E-state index contributed by atoms with van der Waals surface area (Å²) in [7, 11) is 0. The maximum absolute atomic E-state index is 8.69. The van der Waals surface area contributed by atoms with Gasteiger partial charge in [0.1, 0.15) is 0 Å². The summed E-state index contributed by atoms with van der Waals surface area (Å²) in [5.41, 5.74) is 1.17. The molecule has 0 unspecified atom stereocenters. The zero-order chi connectivity index (χ0) is 14.8. The van der Waals surface area contributed by atoms with E-state index >= 15 is 0 Å². The number of nitriles is 1. The van der Waals surface area contributed by atoms with E-state index in [0.717, 1.165) is 18.0 Å². The molecule has 1 aromatic carbocycles. The van der Waals surface area contributed by atoms with Gasteiger partial charge in [0.25, 0.3) is 0 Å². The third kappa shape index (κ3) is 5.53. The van der Waals surface area contributed by atoms with Crippen molar-refractivity contribution in [1.29, 1.82) is 5.26 Å². The Morgan fingerprint density at radius 3 is 2.45 bits per heavy atom. The highest BCUT2D eigenvalue weighted by atomic mass is 35.5. The van der Waals surface area contributed by atoms with E-state index in [-0.39, 0.29) is 0 Å². The van der Waals surface area contributed by atoms with E-state index in [1.54, 1.807) is 0 Å². The van der Waals surface area contributed by atoms with Crippen LogP contribution < -0.4 is 5.32 Å². The van der Waals surface area contributed by atoms with Gasteiger partial charge in [0.2, 0.25) is 0 Å². The molecule has 1 N–H and O–H groups in total. The van der Waals surface area contributed by atoms with Crippen LogP contribution in [0.1, 0.15) is 51.5 Å². The molecule has 1 fully saturated rings. The highest BCUT2D eigenvalue weighted by Gasteiger charge is 2.20. The number of halogens is 1. The van der Waals surface area contributed by atoms with Gasteiger partial charge in [-0.3, -0.25) is 0 Å². The normalized spacial score (nSPS) is 21.5. The number of benzene rings is 1. The fourth-order valence-corrected chi connectivity index (χ4v) is 2.80. The second-order valence-electron chi connectivity index (χ2n) is 5.05. The first-order chi connectivity index (χ1) is 9.79. The number of hydrogen-bond acceptors (Lipinski definition) is 2. The Labute approximate surface area is 128 Å².